The Hall–Kier alpha value is -1.75. The number of ether oxygens (including phenoxy) is 4. The Kier molecular flexibility index (Phi) is 5.29. The van der Waals surface area contributed by atoms with Gasteiger partial charge in [-0.1, -0.05) is 0 Å². The van der Waals surface area contributed by atoms with Crippen molar-refractivity contribution in [1.29, 1.82) is 0 Å². The molecule has 17 heavy (non-hydrogen) atoms. The summed E-state index contributed by atoms with van der Waals surface area (Å²) in [5, 5.41) is 0. The van der Waals surface area contributed by atoms with Gasteiger partial charge in [-0.15, -0.1) is 0 Å². The highest BCUT2D eigenvalue weighted by Gasteiger charge is 2.12. The summed E-state index contributed by atoms with van der Waals surface area (Å²) in [5.41, 5.74) is 0.365. The van der Waals surface area contributed by atoms with Crippen LogP contribution >= 0.6 is 0 Å². The van der Waals surface area contributed by atoms with Crippen LogP contribution in [0.25, 0.3) is 0 Å². The molecular weight excluding hydrogens is 224 g/mol. The van der Waals surface area contributed by atoms with E-state index in [0.29, 0.717) is 42.3 Å². The van der Waals surface area contributed by atoms with Gasteiger partial charge in [-0.3, -0.25) is 4.79 Å². The lowest BCUT2D eigenvalue weighted by Gasteiger charge is -2.13. The van der Waals surface area contributed by atoms with Crippen molar-refractivity contribution in [2.24, 2.45) is 0 Å². The Morgan fingerprint density at radius 2 is 1.76 bits per heavy atom. The molecule has 0 aliphatic carbocycles. The molecule has 1 rings (SSSR count). The maximum absolute atomic E-state index is 11.0. The molecular formula is C12H16O5. The van der Waals surface area contributed by atoms with Gasteiger partial charge >= 0.3 is 0 Å². The topological polar surface area (TPSA) is 54.0 Å². The normalized spacial score (nSPS) is 9.82. The third kappa shape index (κ3) is 3.35. The predicted octanol–water partition coefficient (Wildman–Crippen LogP) is 1.54. The Balaban J connectivity index is 3.01. The van der Waals surface area contributed by atoms with Crippen LogP contribution in [0.3, 0.4) is 0 Å². The van der Waals surface area contributed by atoms with Crippen molar-refractivity contribution >= 4 is 6.29 Å². The van der Waals surface area contributed by atoms with E-state index in [1.165, 1.54) is 14.2 Å². The van der Waals surface area contributed by atoms with Crippen LogP contribution in [0, 0.1) is 0 Å². The van der Waals surface area contributed by atoms with Crippen molar-refractivity contribution in [3.8, 4) is 17.2 Å². The highest BCUT2D eigenvalue weighted by Crippen LogP contribution is 2.32. The fraction of sp³-hybridized carbons (Fsp3) is 0.417. The van der Waals surface area contributed by atoms with Gasteiger partial charge in [0.1, 0.15) is 23.9 Å². The van der Waals surface area contributed by atoms with Crippen molar-refractivity contribution in [1.82, 2.24) is 0 Å². The van der Waals surface area contributed by atoms with E-state index in [1.54, 1.807) is 19.2 Å². The third-order valence-corrected chi connectivity index (χ3v) is 2.20. The SMILES string of the molecule is COCCOc1cc(OC)cc(OC)c1C=O. The summed E-state index contributed by atoms with van der Waals surface area (Å²) >= 11 is 0. The lowest BCUT2D eigenvalue weighted by atomic mass is 10.2. The molecule has 0 spiro atoms. The van der Waals surface area contributed by atoms with Crippen LogP contribution in [0.4, 0.5) is 0 Å². The number of methoxy groups -OCH3 is 3. The highest BCUT2D eigenvalue weighted by molar-refractivity contribution is 5.84. The molecule has 0 bridgehead atoms. The van der Waals surface area contributed by atoms with E-state index in [4.69, 9.17) is 18.9 Å². The zero-order valence-corrected chi connectivity index (χ0v) is 10.2. The number of carbonyl (C=O) groups is 1. The van der Waals surface area contributed by atoms with Crippen molar-refractivity contribution in [3.05, 3.63) is 17.7 Å². The van der Waals surface area contributed by atoms with E-state index in [-0.39, 0.29) is 0 Å². The minimum atomic E-state index is 0.355. The first-order chi connectivity index (χ1) is 8.26. The van der Waals surface area contributed by atoms with Gasteiger partial charge in [0.15, 0.2) is 6.29 Å². The van der Waals surface area contributed by atoms with Crippen LogP contribution in [0.15, 0.2) is 12.1 Å². The van der Waals surface area contributed by atoms with Gasteiger partial charge < -0.3 is 18.9 Å². The number of hydrogen-bond donors (Lipinski definition) is 0. The van der Waals surface area contributed by atoms with E-state index in [0.717, 1.165) is 0 Å². The summed E-state index contributed by atoms with van der Waals surface area (Å²) in [6.45, 7) is 0.797. The smallest absolute Gasteiger partial charge is 0.157 e. The molecule has 0 atom stereocenters. The molecule has 0 saturated heterocycles. The molecule has 0 aliphatic rings. The number of aldehydes is 1. The summed E-state index contributed by atoms with van der Waals surface area (Å²) in [6.07, 6.45) is 0.695. The maximum atomic E-state index is 11.0. The van der Waals surface area contributed by atoms with Crippen LogP contribution in [0.5, 0.6) is 17.2 Å². The Morgan fingerprint density at radius 3 is 2.29 bits per heavy atom. The van der Waals surface area contributed by atoms with Crippen molar-refractivity contribution in [2.75, 3.05) is 34.5 Å². The van der Waals surface area contributed by atoms with Gasteiger partial charge in [-0.25, -0.2) is 0 Å². The number of carbonyl (C=O) groups excluding carboxylic acids is 1. The van der Waals surface area contributed by atoms with Crippen LogP contribution in [0.1, 0.15) is 10.4 Å². The Labute approximate surface area is 100 Å². The number of benzene rings is 1. The fourth-order valence-electron chi connectivity index (χ4n) is 1.33. The zero-order valence-electron chi connectivity index (χ0n) is 10.2. The van der Waals surface area contributed by atoms with Gasteiger partial charge in [0, 0.05) is 19.2 Å². The first-order valence-electron chi connectivity index (χ1n) is 5.09. The average Bonchev–Trinajstić information content (AvgIpc) is 2.37. The maximum Gasteiger partial charge on any atom is 0.157 e. The minimum Gasteiger partial charge on any atom is -0.496 e. The molecule has 0 saturated carbocycles. The second-order valence-electron chi connectivity index (χ2n) is 3.20. The van der Waals surface area contributed by atoms with E-state index in [2.05, 4.69) is 0 Å². The molecule has 0 aromatic heterocycles. The summed E-state index contributed by atoms with van der Waals surface area (Å²) in [4.78, 5) is 11.0. The second kappa shape index (κ2) is 6.75. The van der Waals surface area contributed by atoms with Crippen LogP contribution in [0.2, 0.25) is 0 Å². The van der Waals surface area contributed by atoms with Gasteiger partial charge in [-0.05, 0) is 0 Å². The second-order valence-corrected chi connectivity index (χ2v) is 3.20. The zero-order chi connectivity index (χ0) is 12.7. The Morgan fingerprint density at radius 1 is 1.06 bits per heavy atom. The first kappa shape index (κ1) is 13.3. The molecule has 5 heteroatoms. The summed E-state index contributed by atoms with van der Waals surface area (Å²) in [5.74, 6) is 1.42. The molecule has 0 fully saturated rings. The third-order valence-electron chi connectivity index (χ3n) is 2.20. The van der Waals surface area contributed by atoms with Crippen LogP contribution < -0.4 is 14.2 Å². The monoisotopic (exact) mass is 240 g/mol. The van der Waals surface area contributed by atoms with E-state index >= 15 is 0 Å². The van der Waals surface area contributed by atoms with E-state index < -0.39 is 0 Å². The lowest BCUT2D eigenvalue weighted by molar-refractivity contribution is 0.111. The van der Waals surface area contributed by atoms with Crippen molar-refractivity contribution < 1.29 is 23.7 Å². The van der Waals surface area contributed by atoms with Gasteiger partial charge in [0.2, 0.25) is 0 Å². The lowest BCUT2D eigenvalue weighted by Crippen LogP contribution is -2.06. The molecule has 0 radical (unpaired) electrons. The quantitative estimate of drug-likeness (QED) is 0.534. The van der Waals surface area contributed by atoms with E-state index in [1.807, 2.05) is 0 Å². The highest BCUT2D eigenvalue weighted by atomic mass is 16.5. The first-order valence-corrected chi connectivity index (χ1v) is 5.09. The fourth-order valence-corrected chi connectivity index (χ4v) is 1.33. The number of rotatable bonds is 7. The average molecular weight is 240 g/mol. The molecule has 94 valence electrons. The molecule has 0 heterocycles. The molecule has 0 aliphatic heterocycles. The summed E-state index contributed by atoms with van der Waals surface area (Å²) < 4.78 is 20.5. The van der Waals surface area contributed by atoms with Crippen LogP contribution in [-0.4, -0.2) is 40.8 Å². The summed E-state index contributed by atoms with van der Waals surface area (Å²) in [6, 6.07) is 3.27. The standard InChI is InChI=1S/C12H16O5/c1-14-4-5-17-12-7-9(15-2)6-11(16-3)10(12)8-13/h6-8H,4-5H2,1-3H3. The van der Waals surface area contributed by atoms with Gasteiger partial charge in [0.05, 0.1) is 26.4 Å². The number of hydrogen-bond acceptors (Lipinski definition) is 5. The molecule has 0 N–H and O–H groups in total. The molecule has 1 aromatic carbocycles. The van der Waals surface area contributed by atoms with Crippen molar-refractivity contribution in [2.45, 2.75) is 0 Å². The predicted molar refractivity (Wildman–Crippen MR) is 62.3 cm³/mol. The molecule has 1 aromatic rings. The molecule has 5 nitrogen and oxygen atoms in total. The van der Waals surface area contributed by atoms with Gasteiger partial charge in [-0.2, -0.15) is 0 Å². The largest absolute Gasteiger partial charge is 0.496 e. The van der Waals surface area contributed by atoms with Crippen molar-refractivity contribution in [3.63, 3.8) is 0 Å². The molecule has 0 amide bonds. The van der Waals surface area contributed by atoms with Crippen LogP contribution in [-0.2, 0) is 4.74 Å². The summed E-state index contributed by atoms with van der Waals surface area (Å²) in [7, 11) is 4.60. The molecule has 0 unspecified atom stereocenters. The minimum absolute atomic E-state index is 0.355. The Bertz CT molecular complexity index is 375. The van der Waals surface area contributed by atoms with E-state index in [9.17, 15) is 4.79 Å². The van der Waals surface area contributed by atoms with Gasteiger partial charge in [0.25, 0.3) is 0 Å².